The number of amides is 2. The van der Waals surface area contributed by atoms with E-state index in [1.165, 1.54) is 0 Å². The Labute approximate surface area is 170 Å². The molecular weight excluding hydrogens is 402 g/mol. The van der Waals surface area contributed by atoms with Crippen LogP contribution in [0.3, 0.4) is 0 Å². The van der Waals surface area contributed by atoms with Crippen LogP contribution >= 0.6 is 23.4 Å². The molecule has 2 aromatic carbocycles. The third kappa shape index (κ3) is 5.15. The first kappa shape index (κ1) is 20.0. The van der Waals surface area contributed by atoms with E-state index in [9.17, 15) is 14.4 Å². The summed E-state index contributed by atoms with van der Waals surface area (Å²) in [5.41, 5.74) is 1.41. The van der Waals surface area contributed by atoms with Crippen LogP contribution in [0.4, 0.5) is 4.79 Å². The highest BCUT2D eigenvalue weighted by atomic mass is 35.5. The van der Waals surface area contributed by atoms with Crippen LogP contribution in [0, 0.1) is 0 Å². The number of nitrogens with one attached hydrogen (secondary N) is 1. The Kier molecular flexibility index (Phi) is 6.38. The predicted molar refractivity (Wildman–Crippen MR) is 108 cm³/mol. The molecule has 144 valence electrons. The SMILES string of the molecule is CCOc1ccc(CC(=O)Oc2ccc(C=C3SC(=O)NC3=O)cc2Cl)cc1. The quantitative estimate of drug-likeness (QED) is 0.430. The van der Waals surface area contributed by atoms with Crippen molar-refractivity contribution in [3.05, 3.63) is 63.5 Å². The predicted octanol–water partition coefficient (Wildman–Crippen LogP) is 4.21. The molecule has 8 heteroatoms. The normalized spacial score (nSPS) is 14.9. The van der Waals surface area contributed by atoms with Gasteiger partial charge >= 0.3 is 5.97 Å². The third-order valence-corrected chi connectivity index (χ3v) is 4.81. The first-order chi connectivity index (χ1) is 13.4. The fourth-order valence-electron chi connectivity index (χ4n) is 2.46. The Morgan fingerprint density at radius 2 is 1.93 bits per heavy atom. The summed E-state index contributed by atoms with van der Waals surface area (Å²) in [4.78, 5) is 35.2. The average Bonchev–Trinajstić information content (AvgIpc) is 2.96. The van der Waals surface area contributed by atoms with E-state index in [1.54, 1.807) is 48.5 Å². The van der Waals surface area contributed by atoms with E-state index in [1.807, 2.05) is 6.92 Å². The highest BCUT2D eigenvalue weighted by molar-refractivity contribution is 8.18. The molecule has 1 fully saturated rings. The van der Waals surface area contributed by atoms with Gasteiger partial charge in [-0.3, -0.25) is 19.7 Å². The van der Waals surface area contributed by atoms with Crippen molar-refractivity contribution in [1.82, 2.24) is 5.32 Å². The van der Waals surface area contributed by atoms with E-state index in [-0.39, 0.29) is 22.1 Å². The molecule has 0 unspecified atom stereocenters. The lowest BCUT2D eigenvalue weighted by Crippen LogP contribution is -2.17. The molecule has 3 rings (SSSR count). The van der Waals surface area contributed by atoms with Gasteiger partial charge in [-0.15, -0.1) is 0 Å². The molecular formula is C20H16ClNO5S. The van der Waals surface area contributed by atoms with Crippen molar-refractivity contribution in [3.8, 4) is 11.5 Å². The van der Waals surface area contributed by atoms with E-state index in [4.69, 9.17) is 21.1 Å². The average molecular weight is 418 g/mol. The summed E-state index contributed by atoms with van der Waals surface area (Å²) in [5, 5.41) is 1.99. The number of ether oxygens (including phenoxy) is 2. The van der Waals surface area contributed by atoms with E-state index in [0.29, 0.717) is 12.2 Å². The van der Waals surface area contributed by atoms with Gasteiger partial charge in [-0.05, 0) is 60.2 Å². The third-order valence-electron chi connectivity index (χ3n) is 3.70. The molecule has 2 aromatic rings. The second-order valence-corrected chi connectivity index (χ2v) is 7.19. The van der Waals surface area contributed by atoms with Gasteiger partial charge in [0.15, 0.2) is 0 Å². The van der Waals surface area contributed by atoms with Crippen LogP contribution in [0.1, 0.15) is 18.1 Å². The maximum absolute atomic E-state index is 12.2. The minimum atomic E-state index is -0.450. The fraction of sp³-hybridized carbons (Fsp3) is 0.150. The molecule has 0 atom stereocenters. The van der Waals surface area contributed by atoms with Gasteiger partial charge < -0.3 is 9.47 Å². The molecule has 28 heavy (non-hydrogen) atoms. The van der Waals surface area contributed by atoms with Crippen molar-refractivity contribution in [3.63, 3.8) is 0 Å². The van der Waals surface area contributed by atoms with Crippen LogP contribution in [0.25, 0.3) is 6.08 Å². The number of thioether (sulfide) groups is 1. The van der Waals surface area contributed by atoms with Crippen LogP contribution in [-0.2, 0) is 16.0 Å². The molecule has 1 N–H and O–H groups in total. The number of rotatable bonds is 6. The van der Waals surface area contributed by atoms with Gasteiger partial charge in [-0.2, -0.15) is 0 Å². The molecule has 0 aliphatic carbocycles. The second-order valence-electron chi connectivity index (χ2n) is 5.77. The molecule has 0 saturated carbocycles. The number of hydrogen-bond donors (Lipinski definition) is 1. The Bertz CT molecular complexity index is 956. The molecule has 0 aromatic heterocycles. The fourth-order valence-corrected chi connectivity index (χ4v) is 3.37. The summed E-state index contributed by atoms with van der Waals surface area (Å²) in [5.74, 6) is 0.0630. The smallest absolute Gasteiger partial charge is 0.315 e. The number of imide groups is 1. The first-order valence-electron chi connectivity index (χ1n) is 8.41. The zero-order valence-electron chi connectivity index (χ0n) is 14.9. The van der Waals surface area contributed by atoms with Crippen LogP contribution < -0.4 is 14.8 Å². The molecule has 1 aliphatic rings. The van der Waals surface area contributed by atoms with Crippen molar-refractivity contribution in [2.24, 2.45) is 0 Å². The van der Waals surface area contributed by atoms with Gasteiger partial charge in [0.2, 0.25) is 0 Å². The second kappa shape index (κ2) is 8.95. The van der Waals surface area contributed by atoms with Gasteiger partial charge in [0.1, 0.15) is 11.5 Å². The number of hydrogen-bond acceptors (Lipinski definition) is 6. The van der Waals surface area contributed by atoms with Gasteiger partial charge in [0.05, 0.1) is 23.0 Å². The maximum atomic E-state index is 12.2. The van der Waals surface area contributed by atoms with Crippen molar-refractivity contribution in [2.45, 2.75) is 13.3 Å². The highest BCUT2D eigenvalue weighted by Crippen LogP contribution is 2.30. The summed E-state index contributed by atoms with van der Waals surface area (Å²) in [7, 11) is 0. The maximum Gasteiger partial charge on any atom is 0.315 e. The molecule has 0 spiro atoms. The highest BCUT2D eigenvalue weighted by Gasteiger charge is 2.25. The van der Waals surface area contributed by atoms with E-state index < -0.39 is 17.1 Å². The van der Waals surface area contributed by atoms with E-state index in [0.717, 1.165) is 23.1 Å². The molecule has 6 nitrogen and oxygen atoms in total. The van der Waals surface area contributed by atoms with Crippen LogP contribution in [0.5, 0.6) is 11.5 Å². The summed E-state index contributed by atoms with van der Waals surface area (Å²) >= 11 is 7.00. The molecule has 0 radical (unpaired) electrons. The number of carbonyl (C=O) groups is 3. The summed E-state index contributed by atoms with van der Waals surface area (Å²) in [6, 6.07) is 11.9. The lowest BCUT2D eigenvalue weighted by Gasteiger charge is -2.08. The lowest BCUT2D eigenvalue weighted by atomic mass is 10.1. The van der Waals surface area contributed by atoms with Crippen molar-refractivity contribution >= 4 is 46.6 Å². The van der Waals surface area contributed by atoms with Crippen molar-refractivity contribution in [2.75, 3.05) is 6.61 Å². The minimum Gasteiger partial charge on any atom is -0.494 e. The Hall–Kier alpha value is -2.77. The molecule has 0 bridgehead atoms. The van der Waals surface area contributed by atoms with Gasteiger partial charge in [0, 0.05) is 0 Å². The summed E-state index contributed by atoms with van der Waals surface area (Å²) in [6.45, 7) is 2.48. The van der Waals surface area contributed by atoms with Gasteiger partial charge in [-0.1, -0.05) is 29.8 Å². The minimum absolute atomic E-state index is 0.0907. The number of carbonyl (C=O) groups excluding carboxylic acids is 3. The topological polar surface area (TPSA) is 81.7 Å². The molecule has 1 heterocycles. The number of benzene rings is 2. The van der Waals surface area contributed by atoms with E-state index >= 15 is 0 Å². The number of halogens is 1. The van der Waals surface area contributed by atoms with Crippen LogP contribution in [0.2, 0.25) is 5.02 Å². The Balaban J connectivity index is 1.64. The molecule has 1 saturated heterocycles. The van der Waals surface area contributed by atoms with Gasteiger partial charge in [-0.25, -0.2) is 0 Å². The van der Waals surface area contributed by atoms with Crippen molar-refractivity contribution in [1.29, 1.82) is 0 Å². The number of esters is 1. The molecule has 1 aliphatic heterocycles. The van der Waals surface area contributed by atoms with Gasteiger partial charge in [0.25, 0.3) is 11.1 Å². The van der Waals surface area contributed by atoms with Crippen molar-refractivity contribution < 1.29 is 23.9 Å². The lowest BCUT2D eigenvalue weighted by molar-refractivity contribution is -0.133. The summed E-state index contributed by atoms with van der Waals surface area (Å²) < 4.78 is 10.7. The van der Waals surface area contributed by atoms with Crippen LogP contribution in [0.15, 0.2) is 47.4 Å². The first-order valence-corrected chi connectivity index (χ1v) is 9.61. The Morgan fingerprint density at radius 1 is 1.18 bits per heavy atom. The standard InChI is InChI=1S/C20H16ClNO5S/c1-2-26-14-6-3-12(4-7-14)11-18(23)27-16-8-5-13(9-15(16)21)10-17-19(24)22-20(25)28-17/h3-10H,2,11H2,1H3,(H,22,24,25). The molecule has 2 amide bonds. The van der Waals surface area contributed by atoms with Crippen LogP contribution in [-0.4, -0.2) is 23.7 Å². The zero-order valence-corrected chi connectivity index (χ0v) is 16.4. The van der Waals surface area contributed by atoms with E-state index in [2.05, 4.69) is 5.32 Å². The monoisotopic (exact) mass is 417 g/mol. The Morgan fingerprint density at radius 3 is 2.54 bits per heavy atom. The zero-order chi connectivity index (χ0) is 20.1. The summed E-state index contributed by atoms with van der Waals surface area (Å²) in [6.07, 6.45) is 1.63. The largest absolute Gasteiger partial charge is 0.494 e.